The smallest absolute Gasteiger partial charge is 0.305 e. The molecule has 0 aromatic heterocycles. The van der Waals surface area contributed by atoms with Crippen LogP contribution >= 0.6 is 0 Å². The van der Waals surface area contributed by atoms with Gasteiger partial charge >= 0.3 is 5.97 Å². The number of methoxy groups -OCH3 is 1. The highest BCUT2D eigenvalue weighted by Gasteiger charge is 2.12. The molecule has 0 saturated carbocycles. The molecule has 4 heteroatoms. The Labute approximate surface area is 136 Å². The highest BCUT2D eigenvalue weighted by molar-refractivity contribution is 5.94. The molecule has 120 valence electrons. The third kappa shape index (κ3) is 4.68. The molecule has 0 spiro atoms. The number of amides is 1. The SMILES string of the molecule is COC(=O)CCCN(C)C(=O)c1ccc(-c2ccccc2)cc1. The molecule has 0 aliphatic heterocycles. The van der Waals surface area contributed by atoms with Gasteiger partial charge in [-0.2, -0.15) is 0 Å². The minimum atomic E-state index is -0.252. The monoisotopic (exact) mass is 311 g/mol. The summed E-state index contributed by atoms with van der Waals surface area (Å²) in [4.78, 5) is 25.1. The molecule has 0 bridgehead atoms. The summed E-state index contributed by atoms with van der Waals surface area (Å²) in [6.07, 6.45) is 0.915. The van der Waals surface area contributed by atoms with E-state index < -0.39 is 0 Å². The Hall–Kier alpha value is -2.62. The van der Waals surface area contributed by atoms with Gasteiger partial charge in [-0.05, 0) is 29.7 Å². The number of hydrogen-bond donors (Lipinski definition) is 0. The largest absolute Gasteiger partial charge is 0.469 e. The second-order valence-corrected chi connectivity index (χ2v) is 5.35. The van der Waals surface area contributed by atoms with E-state index in [1.165, 1.54) is 7.11 Å². The maximum Gasteiger partial charge on any atom is 0.305 e. The molecule has 0 atom stereocenters. The van der Waals surface area contributed by atoms with Crippen molar-refractivity contribution in [3.63, 3.8) is 0 Å². The predicted molar refractivity (Wildman–Crippen MR) is 90.1 cm³/mol. The Kier molecular flexibility index (Phi) is 5.92. The van der Waals surface area contributed by atoms with Gasteiger partial charge in [0.2, 0.25) is 0 Å². The Morgan fingerprint density at radius 2 is 1.57 bits per heavy atom. The first-order valence-corrected chi connectivity index (χ1v) is 7.59. The van der Waals surface area contributed by atoms with Gasteiger partial charge in [-0.25, -0.2) is 0 Å². The van der Waals surface area contributed by atoms with Crippen molar-refractivity contribution in [3.05, 3.63) is 60.2 Å². The van der Waals surface area contributed by atoms with E-state index >= 15 is 0 Å². The molecule has 0 aliphatic carbocycles. The second-order valence-electron chi connectivity index (χ2n) is 5.35. The topological polar surface area (TPSA) is 46.6 Å². The van der Waals surface area contributed by atoms with Gasteiger partial charge < -0.3 is 9.64 Å². The van der Waals surface area contributed by atoms with Crippen LogP contribution in [0.3, 0.4) is 0 Å². The zero-order chi connectivity index (χ0) is 16.7. The van der Waals surface area contributed by atoms with Gasteiger partial charge in [0.1, 0.15) is 0 Å². The third-order valence-electron chi connectivity index (χ3n) is 3.69. The van der Waals surface area contributed by atoms with Crippen molar-refractivity contribution in [2.45, 2.75) is 12.8 Å². The average molecular weight is 311 g/mol. The second kappa shape index (κ2) is 8.13. The molecule has 0 radical (unpaired) electrons. The number of hydrogen-bond acceptors (Lipinski definition) is 3. The van der Waals surface area contributed by atoms with Crippen LogP contribution in [0.15, 0.2) is 54.6 Å². The molecule has 2 aromatic carbocycles. The first-order valence-electron chi connectivity index (χ1n) is 7.59. The lowest BCUT2D eigenvalue weighted by Crippen LogP contribution is -2.28. The maximum atomic E-state index is 12.3. The lowest BCUT2D eigenvalue weighted by Gasteiger charge is -2.17. The van der Waals surface area contributed by atoms with E-state index in [0.29, 0.717) is 24.9 Å². The van der Waals surface area contributed by atoms with Crippen molar-refractivity contribution in [1.29, 1.82) is 0 Å². The van der Waals surface area contributed by atoms with Crippen molar-refractivity contribution in [2.75, 3.05) is 20.7 Å². The van der Waals surface area contributed by atoms with Crippen molar-refractivity contribution in [2.24, 2.45) is 0 Å². The number of carbonyl (C=O) groups is 2. The van der Waals surface area contributed by atoms with Gasteiger partial charge in [-0.1, -0.05) is 42.5 Å². The standard InChI is InChI=1S/C19H21NO3/c1-20(14-6-9-18(21)23-2)19(22)17-12-10-16(11-13-17)15-7-4-3-5-8-15/h3-5,7-8,10-13H,6,9,14H2,1-2H3. The fourth-order valence-corrected chi connectivity index (χ4v) is 2.32. The summed E-state index contributed by atoms with van der Waals surface area (Å²) < 4.78 is 4.59. The van der Waals surface area contributed by atoms with Crippen molar-refractivity contribution >= 4 is 11.9 Å². The van der Waals surface area contributed by atoms with E-state index in [4.69, 9.17) is 0 Å². The zero-order valence-electron chi connectivity index (χ0n) is 13.5. The van der Waals surface area contributed by atoms with Gasteiger partial charge in [0.15, 0.2) is 0 Å². The average Bonchev–Trinajstić information content (AvgIpc) is 2.61. The fraction of sp³-hybridized carbons (Fsp3) is 0.263. The minimum absolute atomic E-state index is 0.0468. The Bertz CT molecular complexity index is 650. The van der Waals surface area contributed by atoms with E-state index in [9.17, 15) is 9.59 Å². The number of carbonyl (C=O) groups excluding carboxylic acids is 2. The van der Waals surface area contributed by atoms with Gasteiger partial charge in [0.25, 0.3) is 5.91 Å². The summed E-state index contributed by atoms with van der Waals surface area (Å²) in [5.74, 6) is -0.299. The van der Waals surface area contributed by atoms with Crippen LogP contribution in [0.5, 0.6) is 0 Å². The van der Waals surface area contributed by atoms with Crippen LogP contribution in [0.25, 0.3) is 11.1 Å². The summed E-state index contributed by atoms with van der Waals surface area (Å²) in [5.41, 5.74) is 2.85. The number of benzene rings is 2. The Morgan fingerprint density at radius 1 is 0.957 bits per heavy atom. The summed E-state index contributed by atoms with van der Waals surface area (Å²) in [5, 5.41) is 0. The number of rotatable bonds is 6. The Morgan fingerprint density at radius 3 is 2.17 bits per heavy atom. The van der Waals surface area contributed by atoms with Gasteiger partial charge in [0.05, 0.1) is 7.11 Å². The molecule has 2 aromatic rings. The molecular formula is C19H21NO3. The molecular weight excluding hydrogens is 290 g/mol. The first-order chi connectivity index (χ1) is 11.1. The zero-order valence-corrected chi connectivity index (χ0v) is 13.5. The van der Waals surface area contributed by atoms with Gasteiger partial charge in [0, 0.05) is 25.6 Å². The molecule has 1 amide bonds. The molecule has 4 nitrogen and oxygen atoms in total. The molecule has 0 heterocycles. The molecule has 0 aliphatic rings. The minimum Gasteiger partial charge on any atom is -0.469 e. The van der Waals surface area contributed by atoms with Crippen LogP contribution in [0, 0.1) is 0 Å². The van der Waals surface area contributed by atoms with Gasteiger partial charge in [-0.15, -0.1) is 0 Å². The molecule has 0 fully saturated rings. The van der Waals surface area contributed by atoms with Crippen LogP contribution in [-0.2, 0) is 9.53 Å². The van der Waals surface area contributed by atoms with Crippen LogP contribution in [0.2, 0.25) is 0 Å². The third-order valence-corrected chi connectivity index (χ3v) is 3.69. The van der Waals surface area contributed by atoms with E-state index in [0.717, 1.165) is 11.1 Å². The highest BCUT2D eigenvalue weighted by atomic mass is 16.5. The maximum absolute atomic E-state index is 12.3. The molecule has 0 saturated heterocycles. The predicted octanol–water partition coefficient (Wildman–Crippen LogP) is 3.38. The van der Waals surface area contributed by atoms with Crippen molar-refractivity contribution < 1.29 is 14.3 Å². The fourth-order valence-electron chi connectivity index (χ4n) is 2.32. The number of ether oxygens (including phenoxy) is 1. The van der Waals surface area contributed by atoms with Gasteiger partial charge in [-0.3, -0.25) is 9.59 Å². The first kappa shape index (κ1) is 16.7. The molecule has 2 rings (SSSR count). The lowest BCUT2D eigenvalue weighted by molar-refractivity contribution is -0.140. The number of esters is 1. The summed E-state index contributed by atoms with van der Waals surface area (Å²) in [6.45, 7) is 0.522. The molecule has 0 N–H and O–H groups in total. The molecule has 0 unspecified atom stereocenters. The quantitative estimate of drug-likeness (QED) is 0.768. The van der Waals surface area contributed by atoms with Crippen molar-refractivity contribution in [1.82, 2.24) is 4.90 Å². The van der Waals surface area contributed by atoms with Crippen LogP contribution in [-0.4, -0.2) is 37.5 Å². The Balaban J connectivity index is 1.96. The van der Waals surface area contributed by atoms with E-state index in [1.807, 2.05) is 54.6 Å². The van der Waals surface area contributed by atoms with E-state index in [-0.39, 0.29) is 11.9 Å². The summed E-state index contributed by atoms with van der Waals surface area (Å²) >= 11 is 0. The molecule has 23 heavy (non-hydrogen) atoms. The summed E-state index contributed by atoms with van der Waals surface area (Å²) in [6, 6.07) is 17.6. The van der Waals surface area contributed by atoms with Crippen LogP contribution < -0.4 is 0 Å². The van der Waals surface area contributed by atoms with E-state index in [2.05, 4.69) is 4.74 Å². The number of nitrogens with zero attached hydrogens (tertiary/aromatic N) is 1. The highest BCUT2D eigenvalue weighted by Crippen LogP contribution is 2.19. The normalized spacial score (nSPS) is 10.2. The van der Waals surface area contributed by atoms with Crippen molar-refractivity contribution in [3.8, 4) is 11.1 Å². The lowest BCUT2D eigenvalue weighted by atomic mass is 10.0. The van der Waals surface area contributed by atoms with Crippen LogP contribution in [0.4, 0.5) is 0 Å². The summed E-state index contributed by atoms with van der Waals surface area (Å²) in [7, 11) is 3.11. The van der Waals surface area contributed by atoms with E-state index in [1.54, 1.807) is 11.9 Å². The van der Waals surface area contributed by atoms with Crippen LogP contribution in [0.1, 0.15) is 23.2 Å².